The van der Waals surface area contributed by atoms with Gasteiger partial charge >= 0.3 is 6.09 Å². The Balaban J connectivity index is 1.68. The third kappa shape index (κ3) is 9.29. The standard InChI is InChI=1S/C39H59N3O8/c1-37(2,3)39(27-38(4,5)35(43)40-6)23-31(30-13-10-28(11-14-30)25-48-21-20-47-8)34(24-42(39)36(44)45)50-26-29-12-15-33-32(22-29)41(17-19-49-33)16-9-18-46-7/h10-15,22,31,34H,9,16-21,23-27H2,1-8H3,(H,40,43)(H,44,45)/t31-,34+,39-/m1/s1. The van der Waals surface area contributed by atoms with Crippen LogP contribution in [-0.4, -0.2) is 101 Å². The van der Waals surface area contributed by atoms with Gasteiger partial charge in [-0.15, -0.1) is 0 Å². The summed E-state index contributed by atoms with van der Waals surface area (Å²) in [5, 5.41) is 13.6. The molecule has 2 heterocycles. The zero-order valence-electron chi connectivity index (χ0n) is 31.4. The lowest BCUT2D eigenvalue weighted by Crippen LogP contribution is -2.67. The summed E-state index contributed by atoms with van der Waals surface area (Å²) in [7, 11) is 5.00. The fourth-order valence-electron chi connectivity index (χ4n) is 7.58. The maximum atomic E-state index is 13.2. The number of benzene rings is 2. The minimum Gasteiger partial charge on any atom is -0.490 e. The number of likely N-dealkylation sites (tertiary alicyclic amines) is 1. The number of carbonyl (C=O) groups is 2. The molecular weight excluding hydrogens is 638 g/mol. The minimum absolute atomic E-state index is 0.119. The van der Waals surface area contributed by atoms with E-state index in [1.54, 1.807) is 26.2 Å². The maximum absolute atomic E-state index is 13.2. The lowest BCUT2D eigenvalue weighted by atomic mass is 9.58. The molecule has 0 saturated carbocycles. The van der Waals surface area contributed by atoms with Gasteiger partial charge in [-0.2, -0.15) is 0 Å². The van der Waals surface area contributed by atoms with Gasteiger partial charge in [0.05, 0.1) is 56.8 Å². The Hall–Kier alpha value is -3.38. The van der Waals surface area contributed by atoms with Crippen LogP contribution in [0.3, 0.4) is 0 Å². The highest BCUT2D eigenvalue weighted by Gasteiger charge is 2.57. The number of nitrogens with one attached hydrogen (secondary N) is 1. The summed E-state index contributed by atoms with van der Waals surface area (Å²) in [5.41, 5.74) is 1.94. The van der Waals surface area contributed by atoms with Crippen LogP contribution in [0.5, 0.6) is 5.75 Å². The lowest BCUT2D eigenvalue weighted by Gasteiger charge is -2.59. The second kappa shape index (κ2) is 17.2. The van der Waals surface area contributed by atoms with E-state index in [9.17, 15) is 14.7 Å². The van der Waals surface area contributed by atoms with Crippen LogP contribution in [0.2, 0.25) is 0 Å². The van der Waals surface area contributed by atoms with Crippen molar-refractivity contribution in [2.45, 2.75) is 84.7 Å². The highest BCUT2D eigenvalue weighted by Crippen LogP contribution is 2.53. The number of amides is 2. The molecule has 2 aromatic carbocycles. The smallest absolute Gasteiger partial charge is 0.407 e. The molecule has 2 aliphatic heterocycles. The van der Waals surface area contributed by atoms with Crippen molar-refractivity contribution in [3.63, 3.8) is 0 Å². The number of fused-ring (bicyclic) bond motifs is 1. The molecule has 1 saturated heterocycles. The number of carboxylic acid groups (broad SMARTS) is 1. The largest absolute Gasteiger partial charge is 0.490 e. The SMILES string of the molecule is CNC(=O)C(C)(C)C[C@@]1(C(C)(C)C)C[C@H](c2ccc(COCCOC)cc2)[C@@H](OCc2ccc3c(c2)N(CCCOC)CCO3)CN1C(=O)O. The number of rotatable bonds is 16. The molecule has 1 fully saturated rings. The van der Waals surface area contributed by atoms with Gasteiger partial charge in [0.1, 0.15) is 12.4 Å². The van der Waals surface area contributed by atoms with Crippen LogP contribution in [-0.2, 0) is 37.0 Å². The number of anilines is 1. The molecule has 2 amide bonds. The molecule has 11 nitrogen and oxygen atoms in total. The Morgan fingerprint density at radius 3 is 2.32 bits per heavy atom. The van der Waals surface area contributed by atoms with Crippen LogP contribution in [0, 0.1) is 10.8 Å². The summed E-state index contributed by atoms with van der Waals surface area (Å²) < 4.78 is 28.9. The number of ether oxygens (including phenoxy) is 5. The monoisotopic (exact) mass is 697 g/mol. The first kappa shape index (κ1) is 39.4. The van der Waals surface area contributed by atoms with Crippen molar-refractivity contribution in [2.75, 3.05) is 72.2 Å². The second-order valence-electron chi connectivity index (χ2n) is 15.2. The van der Waals surface area contributed by atoms with Gasteiger partial charge in [0.15, 0.2) is 0 Å². The Labute approximate surface area is 298 Å². The molecule has 0 aromatic heterocycles. The quantitative estimate of drug-likeness (QED) is 0.201. The highest BCUT2D eigenvalue weighted by atomic mass is 16.5. The molecule has 50 heavy (non-hydrogen) atoms. The number of methoxy groups -OCH3 is 2. The topological polar surface area (TPSA) is 119 Å². The van der Waals surface area contributed by atoms with Crippen molar-refractivity contribution in [2.24, 2.45) is 10.8 Å². The van der Waals surface area contributed by atoms with E-state index in [0.29, 0.717) is 52.5 Å². The van der Waals surface area contributed by atoms with Crippen molar-refractivity contribution >= 4 is 17.7 Å². The Bertz CT molecular complexity index is 1410. The summed E-state index contributed by atoms with van der Waals surface area (Å²) in [6.07, 6.45) is 0.311. The number of hydrogen-bond acceptors (Lipinski definition) is 8. The van der Waals surface area contributed by atoms with Gasteiger partial charge < -0.3 is 39.0 Å². The van der Waals surface area contributed by atoms with E-state index in [1.165, 1.54) is 0 Å². The maximum Gasteiger partial charge on any atom is 0.407 e. The van der Waals surface area contributed by atoms with Gasteiger partial charge in [-0.05, 0) is 53.5 Å². The predicted molar refractivity (Wildman–Crippen MR) is 194 cm³/mol. The van der Waals surface area contributed by atoms with Gasteiger partial charge in [0.25, 0.3) is 0 Å². The molecule has 0 radical (unpaired) electrons. The molecule has 11 heteroatoms. The summed E-state index contributed by atoms with van der Waals surface area (Å²) in [5.74, 6) is 0.595. The number of carbonyl (C=O) groups excluding carboxylic acids is 1. The average molecular weight is 698 g/mol. The number of piperidine rings is 1. The van der Waals surface area contributed by atoms with E-state index in [0.717, 1.165) is 47.6 Å². The van der Waals surface area contributed by atoms with Gasteiger partial charge in [0.2, 0.25) is 5.91 Å². The molecule has 0 aliphatic carbocycles. The molecule has 278 valence electrons. The fraction of sp³-hybridized carbons (Fsp3) is 0.641. The van der Waals surface area contributed by atoms with Crippen molar-refractivity contribution in [1.82, 2.24) is 10.2 Å². The van der Waals surface area contributed by atoms with Crippen LogP contribution in [0.4, 0.5) is 10.5 Å². The van der Waals surface area contributed by atoms with Crippen molar-refractivity contribution in [3.05, 3.63) is 59.2 Å². The predicted octanol–water partition coefficient (Wildman–Crippen LogP) is 6.08. The Morgan fingerprint density at radius 2 is 1.68 bits per heavy atom. The summed E-state index contributed by atoms with van der Waals surface area (Å²) >= 11 is 0. The van der Waals surface area contributed by atoms with Gasteiger partial charge in [0, 0.05) is 45.8 Å². The van der Waals surface area contributed by atoms with Crippen molar-refractivity contribution in [1.29, 1.82) is 0 Å². The first-order chi connectivity index (χ1) is 23.8. The van der Waals surface area contributed by atoms with E-state index >= 15 is 0 Å². The van der Waals surface area contributed by atoms with Crippen LogP contribution >= 0.6 is 0 Å². The molecule has 3 atom stereocenters. The van der Waals surface area contributed by atoms with E-state index in [2.05, 4.69) is 61.3 Å². The van der Waals surface area contributed by atoms with E-state index in [4.69, 9.17) is 23.7 Å². The molecule has 0 spiro atoms. The molecule has 2 aliphatic rings. The Kier molecular flexibility index (Phi) is 13.6. The highest BCUT2D eigenvalue weighted by molar-refractivity contribution is 5.81. The van der Waals surface area contributed by atoms with Gasteiger partial charge in [-0.3, -0.25) is 9.69 Å². The minimum atomic E-state index is -1.01. The molecule has 4 rings (SSSR count). The number of nitrogens with zero attached hydrogens (tertiary/aromatic N) is 2. The molecule has 0 bridgehead atoms. The fourth-order valence-corrected chi connectivity index (χ4v) is 7.58. The molecular formula is C39H59N3O8. The third-order valence-corrected chi connectivity index (χ3v) is 10.4. The zero-order chi connectivity index (χ0) is 36.5. The summed E-state index contributed by atoms with van der Waals surface area (Å²) in [6.45, 7) is 15.0. The zero-order valence-corrected chi connectivity index (χ0v) is 31.4. The van der Waals surface area contributed by atoms with Crippen LogP contribution in [0.25, 0.3) is 0 Å². The van der Waals surface area contributed by atoms with Gasteiger partial charge in [-0.25, -0.2) is 4.79 Å². The van der Waals surface area contributed by atoms with Crippen molar-refractivity contribution in [3.8, 4) is 5.75 Å². The molecule has 0 unspecified atom stereocenters. The first-order valence-corrected chi connectivity index (χ1v) is 17.8. The van der Waals surface area contributed by atoms with Crippen molar-refractivity contribution < 1.29 is 38.4 Å². The normalized spacial score (nSPS) is 21.0. The summed E-state index contributed by atoms with van der Waals surface area (Å²) in [4.78, 5) is 30.3. The van der Waals surface area contributed by atoms with Crippen LogP contribution in [0.1, 0.15) is 76.5 Å². The molecule has 2 aromatic rings. The van der Waals surface area contributed by atoms with E-state index in [1.807, 2.05) is 26.0 Å². The van der Waals surface area contributed by atoms with Gasteiger partial charge in [-0.1, -0.05) is 65.0 Å². The van der Waals surface area contributed by atoms with E-state index < -0.39 is 28.6 Å². The average Bonchev–Trinajstić information content (AvgIpc) is 3.08. The lowest BCUT2D eigenvalue weighted by molar-refractivity contribution is -0.139. The van der Waals surface area contributed by atoms with Crippen LogP contribution in [0.15, 0.2) is 42.5 Å². The van der Waals surface area contributed by atoms with E-state index in [-0.39, 0.29) is 18.4 Å². The second-order valence-corrected chi connectivity index (χ2v) is 15.2. The first-order valence-electron chi connectivity index (χ1n) is 17.8. The van der Waals surface area contributed by atoms with Crippen LogP contribution < -0.4 is 15.0 Å². The Morgan fingerprint density at radius 1 is 0.980 bits per heavy atom. The molecule has 2 N–H and O–H groups in total. The third-order valence-electron chi connectivity index (χ3n) is 10.4. The number of hydrogen-bond donors (Lipinski definition) is 2. The summed E-state index contributed by atoms with van der Waals surface area (Å²) in [6, 6.07) is 14.5.